The molecule has 0 fully saturated rings. The van der Waals surface area contributed by atoms with Gasteiger partial charge in [0.1, 0.15) is 0 Å². The van der Waals surface area contributed by atoms with E-state index in [1.54, 1.807) is 0 Å². The minimum atomic E-state index is -0.790. The summed E-state index contributed by atoms with van der Waals surface area (Å²) < 4.78 is 15.2. The quantitative estimate of drug-likeness (QED) is 0.221. The van der Waals surface area contributed by atoms with E-state index in [0.717, 1.165) is 18.9 Å². The van der Waals surface area contributed by atoms with Crippen LogP contribution in [0.15, 0.2) is 48.5 Å². The number of nitro groups is 1. The first-order valence-electron chi connectivity index (χ1n) is 9.26. The Morgan fingerprint density at radius 1 is 1.17 bits per heavy atom. The number of esters is 1. The number of ether oxygens (including phenoxy) is 3. The SMILES string of the molecule is O=C(COC(=O)/C=C/c1cc2c(cc1[N+](=O)[O-])OCO2)NCCCc1ccccc1. The predicted molar refractivity (Wildman–Crippen MR) is 107 cm³/mol. The Morgan fingerprint density at radius 3 is 2.63 bits per heavy atom. The van der Waals surface area contributed by atoms with Gasteiger partial charge in [-0.2, -0.15) is 0 Å². The summed E-state index contributed by atoms with van der Waals surface area (Å²) in [6, 6.07) is 12.5. The van der Waals surface area contributed by atoms with Crippen LogP contribution in [0.1, 0.15) is 17.5 Å². The van der Waals surface area contributed by atoms with Crippen LogP contribution in [0, 0.1) is 10.1 Å². The van der Waals surface area contributed by atoms with Crippen molar-refractivity contribution in [2.75, 3.05) is 19.9 Å². The van der Waals surface area contributed by atoms with Crippen molar-refractivity contribution in [2.45, 2.75) is 12.8 Å². The van der Waals surface area contributed by atoms with Crippen LogP contribution in [0.3, 0.4) is 0 Å². The van der Waals surface area contributed by atoms with Crippen molar-refractivity contribution in [1.29, 1.82) is 0 Å². The summed E-state index contributed by atoms with van der Waals surface area (Å²) in [7, 11) is 0. The zero-order valence-corrected chi connectivity index (χ0v) is 16.0. The van der Waals surface area contributed by atoms with Crippen molar-refractivity contribution in [3.05, 3.63) is 69.8 Å². The first kappa shape index (κ1) is 20.8. The highest BCUT2D eigenvalue weighted by Gasteiger charge is 2.22. The van der Waals surface area contributed by atoms with E-state index in [9.17, 15) is 19.7 Å². The zero-order chi connectivity index (χ0) is 21.3. The van der Waals surface area contributed by atoms with E-state index in [2.05, 4.69) is 5.32 Å². The summed E-state index contributed by atoms with van der Waals surface area (Å²) in [5.74, 6) is -0.589. The summed E-state index contributed by atoms with van der Waals surface area (Å²) in [5.41, 5.74) is 1.10. The maximum absolute atomic E-state index is 11.8. The number of nitrogens with one attached hydrogen (secondary N) is 1. The molecule has 0 radical (unpaired) electrons. The zero-order valence-electron chi connectivity index (χ0n) is 16.0. The van der Waals surface area contributed by atoms with Crippen molar-refractivity contribution in [3.63, 3.8) is 0 Å². The Hall–Kier alpha value is -3.88. The van der Waals surface area contributed by atoms with Gasteiger partial charge in [0, 0.05) is 12.6 Å². The van der Waals surface area contributed by atoms with Gasteiger partial charge in [-0.1, -0.05) is 30.3 Å². The molecule has 0 spiro atoms. The minimum absolute atomic E-state index is 0.0256. The first-order chi connectivity index (χ1) is 14.5. The lowest BCUT2D eigenvalue weighted by atomic mass is 10.1. The molecule has 0 unspecified atom stereocenters. The van der Waals surface area contributed by atoms with Crippen molar-refractivity contribution >= 4 is 23.6 Å². The summed E-state index contributed by atoms with van der Waals surface area (Å²) in [5, 5.41) is 13.9. The third kappa shape index (κ3) is 5.81. The molecule has 0 aromatic heterocycles. The van der Waals surface area contributed by atoms with Gasteiger partial charge in [-0.3, -0.25) is 14.9 Å². The normalized spacial score (nSPS) is 12.0. The van der Waals surface area contributed by atoms with E-state index in [1.165, 1.54) is 23.8 Å². The molecule has 2 aromatic rings. The summed E-state index contributed by atoms with van der Waals surface area (Å²) in [6.45, 7) is 0.00437. The van der Waals surface area contributed by atoms with E-state index in [-0.39, 0.29) is 23.8 Å². The second-order valence-corrected chi connectivity index (χ2v) is 6.40. The number of nitrogens with zero attached hydrogens (tertiary/aromatic N) is 1. The third-order valence-electron chi connectivity index (χ3n) is 4.27. The van der Waals surface area contributed by atoms with Crippen LogP contribution in [-0.4, -0.2) is 36.7 Å². The Labute approximate surface area is 172 Å². The van der Waals surface area contributed by atoms with E-state index in [0.29, 0.717) is 12.3 Å². The van der Waals surface area contributed by atoms with Crippen LogP contribution in [0.5, 0.6) is 11.5 Å². The number of rotatable bonds is 9. The number of amides is 1. The van der Waals surface area contributed by atoms with Crippen molar-refractivity contribution < 1.29 is 28.7 Å². The number of carbonyl (C=O) groups is 2. The molecule has 0 saturated carbocycles. The average molecular weight is 412 g/mol. The van der Waals surface area contributed by atoms with Crippen LogP contribution >= 0.6 is 0 Å². The Morgan fingerprint density at radius 2 is 1.90 bits per heavy atom. The van der Waals surface area contributed by atoms with Gasteiger partial charge in [-0.15, -0.1) is 0 Å². The van der Waals surface area contributed by atoms with Crippen LogP contribution in [0.4, 0.5) is 5.69 Å². The van der Waals surface area contributed by atoms with Gasteiger partial charge in [0.05, 0.1) is 16.6 Å². The Kier molecular flexibility index (Phi) is 6.99. The molecular formula is C21H20N2O7. The topological polar surface area (TPSA) is 117 Å². The first-order valence-corrected chi connectivity index (χ1v) is 9.26. The second-order valence-electron chi connectivity index (χ2n) is 6.40. The summed E-state index contributed by atoms with van der Waals surface area (Å²) in [4.78, 5) is 34.2. The predicted octanol–water partition coefficient (Wildman–Crippen LogP) is 2.63. The number of aryl methyl sites for hydroxylation is 1. The minimum Gasteiger partial charge on any atom is -0.454 e. The molecule has 0 atom stereocenters. The fourth-order valence-corrected chi connectivity index (χ4v) is 2.80. The highest BCUT2D eigenvalue weighted by molar-refractivity contribution is 5.90. The lowest BCUT2D eigenvalue weighted by Gasteiger charge is -2.05. The number of nitro benzene ring substituents is 1. The molecule has 9 nitrogen and oxygen atoms in total. The van der Waals surface area contributed by atoms with E-state index >= 15 is 0 Å². The maximum atomic E-state index is 11.8. The van der Waals surface area contributed by atoms with E-state index < -0.39 is 23.4 Å². The lowest BCUT2D eigenvalue weighted by molar-refractivity contribution is -0.385. The van der Waals surface area contributed by atoms with Gasteiger partial charge in [0.15, 0.2) is 18.1 Å². The standard InChI is InChI=1S/C21H20N2O7/c24-20(22-10-4-7-15-5-2-1-3-6-15)13-28-21(25)9-8-16-11-18-19(30-14-29-18)12-17(16)23(26)27/h1-3,5-6,8-9,11-12H,4,7,10,13-14H2,(H,22,24)/b9-8+. The summed E-state index contributed by atoms with van der Waals surface area (Å²) >= 11 is 0. The molecule has 1 aliphatic rings. The van der Waals surface area contributed by atoms with Gasteiger partial charge in [-0.05, 0) is 30.5 Å². The molecule has 1 amide bonds. The lowest BCUT2D eigenvalue weighted by Crippen LogP contribution is -2.29. The summed E-state index contributed by atoms with van der Waals surface area (Å²) in [6.07, 6.45) is 3.85. The fraction of sp³-hybridized carbons (Fsp3) is 0.238. The number of hydrogen-bond donors (Lipinski definition) is 1. The van der Waals surface area contributed by atoms with Gasteiger partial charge in [0.25, 0.3) is 11.6 Å². The highest BCUT2D eigenvalue weighted by Crippen LogP contribution is 2.38. The van der Waals surface area contributed by atoms with Crippen LogP contribution in [-0.2, 0) is 20.7 Å². The molecule has 2 aromatic carbocycles. The molecule has 156 valence electrons. The molecule has 3 rings (SSSR count). The Bertz CT molecular complexity index is 957. The van der Waals surface area contributed by atoms with Crippen molar-refractivity contribution in [3.8, 4) is 11.5 Å². The van der Waals surface area contributed by atoms with E-state index in [1.807, 2.05) is 30.3 Å². The molecule has 0 bridgehead atoms. The van der Waals surface area contributed by atoms with Crippen LogP contribution < -0.4 is 14.8 Å². The number of fused-ring (bicyclic) bond motifs is 1. The van der Waals surface area contributed by atoms with Gasteiger partial charge in [-0.25, -0.2) is 4.79 Å². The van der Waals surface area contributed by atoms with Gasteiger partial charge >= 0.3 is 5.97 Å². The number of benzene rings is 2. The monoisotopic (exact) mass is 412 g/mol. The molecule has 0 aliphatic carbocycles. The Balaban J connectivity index is 1.43. The maximum Gasteiger partial charge on any atom is 0.331 e. The van der Waals surface area contributed by atoms with Crippen LogP contribution in [0.25, 0.3) is 6.08 Å². The molecule has 1 N–H and O–H groups in total. The average Bonchev–Trinajstić information content (AvgIpc) is 3.21. The van der Waals surface area contributed by atoms with Crippen molar-refractivity contribution in [2.24, 2.45) is 0 Å². The number of hydrogen-bond acceptors (Lipinski definition) is 7. The molecule has 9 heteroatoms. The van der Waals surface area contributed by atoms with E-state index in [4.69, 9.17) is 14.2 Å². The fourth-order valence-electron chi connectivity index (χ4n) is 2.80. The smallest absolute Gasteiger partial charge is 0.331 e. The van der Waals surface area contributed by atoms with Gasteiger partial charge < -0.3 is 19.5 Å². The largest absolute Gasteiger partial charge is 0.454 e. The van der Waals surface area contributed by atoms with Gasteiger partial charge in [0.2, 0.25) is 6.79 Å². The second kappa shape index (κ2) is 10.1. The molecule has 30 heavy (non-hydrogen) atoms. The molecule has 1 aliphatic heterocycles. The third-order valence-corrected chi connectivity index (χ3v) is 4.27. The van der Waals surface area contributed by atoms with Crippen molar-refractivity contribution in [1.82, 2.24) is 5.32 Å². The van der Waals surface area contributed by atoms with Crippen LogP contribution in [0.2, 0.25) is 0 Å². The molecular weight excluding hydrogens is 392 g/mol. The highest BCUT2D eigenvalue weighted by atomic mass is 16.7. The molecule has 0 saturated heterocycles. The number of carbonyl (C=O) groups excluding carboxylic acids is 2. The molecule has 1 heterocycles.